The van der Waals surface area contributed by atoms with Crippen LogP contribution in [-0.4, -0.2) is 29.6 Å². The quantitative estimate of drug-likeness (QED) is 0.408. The molecule has 0 unspecified atom stereocenters. The molecule has 2 aromatic carbocycles. The molecule has 8 nitrogen and oxygen atoms in total. The van der Waals surface area contributed by atoms with Gasteiger partial charge in [-0.2, -0.15) is 0 Å². The number of aryl methyl sites for hydroxylation is 3. The molecule has 1 aromatic heterocycles. The molecule has 0 atom stereocenters. The molecule has 1 aliphatic rings. The van der Waals surface area contributed by atoms with Gasteiger partial charge in [-0.15, -0.1) is 10.2 Å². The molecule has 8 heteroatoms. The first-order valence-corrected chi connectivity index (χ1v) is 11.3. The lowest BCUT2D eigenvalue weighted by molar-refractivity contribution is -0.110. The van der Waals surface area contributed by atoms with Gasteiger partial charge in [0, 0.05) is 19.5 Å². The summed E-state index contributed by atoms with van der Waals surface area (Å²) >= 11 is 0. The molecule has 2 amide bonds. The molecule has 0 bridgehead atoms. The number of carbonyl (C=O) groups excluding carboxylic acids is 2. The normalized spacial score (nSPS) is 14.0. The lowest BCUT2D eigenvalue weighted by atomic mass is 9.69. The third-order valence-corrected chi connectivity index (χ3v) is 6.36. The van der Waals surface area contributed by atoms with E-state index in [0.29, 0.717) is 57.1 Å². The lowest BCUT2D eigenvalue weighted by Gasteiger charge is -2.33. The van der Waals surface area contributed by atoms with E-state index in [9.17, 15) is 9.59 Å². The van der Waals surface area contributed by atoms with Crippen LogP contribution < -0.4 is 16.4 Å². The zero-order valence-corrected chi connectivity index (χ0v) is 18.8. The number of carbonyl (C=O) groups is 2. The number of benzene rings is 2. The number of hydrogen-bond acceptors (Lipinski definition) is 6. The number of aromatic nitrogens is 2. The molecule has 0 spiro atoms. The Bertz CT molecular complexity index is 1080. The molecule has 4 N–H and O–H groups in total. The standard InChI is InChI=1S/C25H29N5O3/c1-2-23-29-30-24(33-23)25(9-10-26)21-7-3-17(13-27-15-31)11-19(21)5-6-20-12-18(14-28-16-32)4-8-22(20)25/h3-4,7-8,11-12,15-16H,2,5-6,9-10,13-14,26H2,1H3,(H,27,31)(H,28,32). The van der Waals surface area contributed by atoms with Crippen LogP contribution in [0.25, 0.3) is 0 Å². The molecule has 3 aromatic rings. The molecule has 0 aliphatic heterocycles. The van der Waals surface area contributed by atoms with Gasteiger partial charge in [0.1, 0.15) is 5.41 Å². The van der Waals surface area contributed by atoms with E-state index < -0.39 is 5.41 Å². The Morgan fingerprint density at radius 2 is 1.55 bits per heavy atom. The predicted molar refractivity (Wildman–Crippen MR) is 123 cm³/mol. The first-order chi connectivity index (χ1) is 16.2. The third kappa shape index (κ3) is 4.26. The number of nitrogens with one attached hydrogen (secondary N) is 2. The van der Waals surface area contributed by atoms with Crippen molar-refractivity contribution >= 4 is 12.8 Å². The topological polar surface area (TPSA) is 123 Å². The summed E-state index contributed by atoms with van der Waals surface area (Å²) in [7, 11) is 0. The van der Waals surface area contributed by atoms with E-state index in [4.69, 9.17) is 10.2 Å². The molecule has 33 heavy (non-hydrogen) atoms. The Hall–Kier alpha value is -3.52. The highest BCUT2D eigenvalue weighted by molar-refractivity contribution is 5.56. The van der Waals surface area contributed by atoms with Crippen molar-refractivity contribution in [2.45, 2.75) is 51.1 Å². The van der Waals surface area contributed by atoms with Crippen molar-refractivity contribution in [1.29, 1.82) is 0 Å². The number of hydrogen-bond donors (Lipinski definition) is 3. The minimum absolute atomic E-state index is 0.436. The summed E-state index contributed by atoms with van der Waals surface area (Å²) in [6, 6.07) is 12.6. The van der Waals surface area contributed by atoms with Crippen LogP contribution in [0.15, 0.2) is 40.8 Å². The van der Waals surface area contributed by atoms with Gasteiger partial charge in [-0.3, -0.25) is 9.59 Å². The molecule has 4 rings (SSSR count). The third-order valence-electron chi connectivity index (χ3n) is 6.36. The van der Waals surface area contributed by atoms with Gasteiger partial charge < -0.3 is 20.8 Å². The average Bonchev–Trinajstić information content (AvgIpc) is 3.29. The largest absolute Gasteiger partial charge is 0.424 e. The highest BCUT2D eigenvalue weighted by atomic mass is 16.4. The summed E-state index contributed by atoms with van der Waals surface area (Å²) in [5, 5.41) is 14.3. The van der Waals surface area contributed by atoms with Crippen molar-refractivity contribution in [2.24, 2.45) is 5.73 Å². The maximum Gasteiger partial charge on any atom is 0.231 e. The van der Waals surface area contributed by atoms with E-state index in [0.717, 1.165) is 35.1 Å². The second-order valence-electron chi connectivity index (χ2n) is 8.28. The number of nitrogens with zero attached hydrogens (tertiary/aromatic N) is 2. The first kappa shape index (κ1) is 22.7. The van der Waals surface area contributed by atoms with Crippen LogP contribution in [-0.2, 0) is 47.4 Å². The van der Waals surface area contributed by atoms with Gasteiger partial charge in [-0.1, -0.05) is 43.3 Å². The Kier molecular flexibility index (Phi) is 6.84. The Labute approximate surface area is 193 Å². The molecule has 172 valence electrons. The van der Waals surface area contributed by atoms with Crippen molar-refractivity contribution in [3.63, 3.8) is 0 Å². The van der Waals surface area contributed by atoms with Crippen LogP contribution in [0.2, 0.25) is 0 Å². The smallest absolute Gasteiger partial charge is 0.231 e. The molecule has 1 aliphatic carbocycles. The van der Waals surface area contributed by atoms with E-state index in [1.165, 1.54) is 11.1 Å². The van der Waals surface area contributed by atoms with Crippen LogP contribution in [0.4, 0.5) is 0 Å². The Morgan fingerprint density at radius 1 is 0.970 bits per heavy atom. The van der Waals surface area contributed by atoms with Crippen LogP contribution in [0.3, 0.4) is 0 Å². The number of fused-ring (bicyclic) bond motifs is 2. The molecular formula is C25H29N5O3. The molecule has 0 saturated carbocycles. The fourth-order valence-corrected chi connectivity index (χ4v) is 4.89. The van der Waals surface area contributed by atoms with Crippen molar-refractivity contribution in [1.82, 2.24) is 20.8 Å². The minimum Gasteiger partial charge on any atom is -0.424 e. The summed E-state index contributed by atoms with van der Waals surface area (Å²) < 4.78 is 6.19. The van der Waals surface area contributed by atoms with Crippen molar-refractivity contribution < 1.29 is 14.0 Å². The number of rotatable bonds is 10. The first-order valence-electron chi connectivity index (χ1n) is 11.3. The summed E-state index contributed by atoms with van der Waals surface area (Å²) in [4.78, 5) is 21.6. The van der Waals surface area contributed by atoms with Gasteiger partial charge in [-0.05, 0) is 59.2 Å². The highest BCUT2D eigenvalue weighted by Crippen LogP contribution is 2.46. The van der Waals surface area contributed by atoms with E-state index in [1.54, 1.807) is 0 Å². The molecule has 0 fully saturated rings. The van der Waals surface area contributed by atoms with Crippen molar-refractivity contribution in [2.75, 3.05) is 6.54 Å². The van der Waals surface area contributed by atoms with Gasteiger partial charge in [0.25, 0.3) is 0 Å². The minimum atomic E-state index is -0.677. The molecule has 0 radical (unpaired) electrons. The maximum atomic E-state index is 10.8. The van der Waals surface area contributed by atoms with E-state index in [1.807, 2.05) is 19.1 Å². The van der Waals surface area contributed by atoms with Crippen LogP contribution in [0.5, 0.6) is 0 Å². The Morgan fingerprint density at radius 3 is 2.00 bits per heavy atom. The second-order valence-corrected chi connectivity index (χ2v) is 8.28. The van der Waals surface area contributed by atoms with Gasteiger partial charge >= 0.3 is 0 Å². The summed E-state index contributed by atoms with van der Waals surface area (Å²) in [5.41, 5.74) is 12.1. The Balaban J connectivity index is 1.94. The zero-order chi connectivity index (χ0) is 23.3. The maximum absolute atomic E-state index is 10.8. The summed E-state index contributed by atoms with van der Waals surface area (Å²) in [6.45, 7) is 3.36. The average molecular weight is 448 g/mol. The van der Waals surface area contributed by atoms with E-state index >= 15 is 0 Å². The van der Waals surface area contributed by atoms with Gasteiger partial charge in [0.05, 0.1) is 0 Å². The van der Waals surface area contributed by atoms with Crippen molar-refractivity contribution in [3.8, 4) is 0 Å². The van der Waals surface area contributed by atoms with Crippen LogP contribution in [0, 0.1) is 0 Å². The van der Waals surface area contributed by atoms with Gasteiger partial charge in [0.15, 0.2) is 0 Å². The van der Waals surface area contributed by atoms with Gasteiger partial charge in [-0.25, -0.2) is 0 Å². The van der Waals surface area contributed by atoms with Crippen LogP contribution in [0.1, 0.15) is 58.5 Å². The fourth-order valence-electron chi connectivity index (χ4n) is 4.89. The zero-order valence-electron chi connectivity index (χ0n) is 18.8. The second kappa shape index (κ2) is 9.95. The molecule has 1 heterocycles. The van der Waals surface area contributed by atoms with Crippen molar-refractivity contribution in [3.05, 3.63) is 81.6 Å². The monoisotopic (exact) mass is 447 g/mol. The number of amides is 2. The predicted octanol–water partition coefficient (Wildman–Crippen LogP) is 1.91. The molecular weight excluding hydrogens is 418 g/mol. The SMILES string of the molecule is CCc1nnc(C2(CCN)c3ccc(CNC=O)cc3CCc3cc(CNC=O)ccc32)o1. The number of nitrogens with two attached hydrogens (primary N) is 1. The molecule has 0 saturated heterocycles. The summed E-state index contributed by atoms with van der Waals surface area (Å²) in [5.74, 6) is 1.14. The summed E-state index contributed by atoms with van der Waals surface area (Å²) in [6.07, 6.45) is 4.32. The van der Waals surface area contributed by atoms with E-state index in [-0.39, 0.29) is 0 Å². The van der Waals surface area contributed by atoms with E-state index in [2.05, 4.69) is 45.1 Å². The van der Waals surface area contributed by atoms with Gasteiger partial charge in [0.2, 0.25) is 24.6 Å². The fraction of sp³-hybridized carbons (Fsp3) is 0.360. The van der Waals surface area contributed by atoms with Crippen LogP contribution >= 0.6 is 0 Å². The highest BCUT2D eigenvalue weighted by Gasteiger charge is 2.45. The lowest BCUT2D eigenvalue weighted by Crippen LogP contribution is -2.34.